The smallest absolute Gasteiger partial charge is 0.228 e. The maximum atomic E-state index is 11.6. The molecular weight excluding hydrogens is 490 g/mol. The molecule has 0 aliphatic rings. The Hall–Kier alpha value is -4.31. The van der Waals surface area contributed by atoms with E-state index in [2.05, 4.69) is 37.2 Å². The third-order valence-corrected chi connectivity index (χ3v) is 5.96. The zero-order chi connectivity index (χ0) is 26.4. The Kier molecular flexibility index (Phi) is 8.09. The van der Waals surface area contributed by atoms with Crippen LogP contribution in [0.3, 0.4) is 0 Å². The number of carbonyl (C=O) groups is 1. The number of aromatic nitrogens is 7. The third-order valence-electron chi connectivity index (χ3n) is 5.72. The molecule has 0 spiro atoms. The topological polar surface area (TPSA) is 107 Å². The molecule has 0 radical (unpaired) electrons. The molecule has 10 nitrogen and oxygen atoms in total. The monoisotopic (exact) mass is 517 g/mol. The molecule has 3 aromatic heterocycles. The van der Waals surface area contributed by atoms with Gasteiger partial charge in [0.2, 0.25) is 5.95 Å². The first-order valence-electron chi connectivity index (χ1n) is 11.6. The van der Waals surface area contributed by atoms with Gasteiger partial charge in [0.15, 0.2) is 11.6 Å². The van der Waals surface area contributed by atoms with E-state index in [0.29, 0.717) is 41.2 Å². The molecule has 4 rings (SSSR count). The van der Waals surface area contributed by atoms with Gasteiger partial charge in [-0.3, -0.25) is 4.68 Å². The average Bonchev–Trinajstić information content (AvgIpc) is 3.48. The number of hydrogen-bond donors (Lipinski definition) is 1. The number of nitrogens with zero attached hydrogens (tertiary/aromatic N) is 8. The molecule has 0 aliphatic carbocycles. The first-order valence-corrected chi connectivity index (χ1v) is 12.0. The fourth-order valence-corrected chi connectivity index (χ4v) is 4.18. The summed E-state index contributed by atoms with van der Waals surface area (Å²) in [5.41, 5.74) is 2.41. The first-order chi connectivity index (χ1) is 17.9. The number of aldehydes is 1. The Morgan fingerprint density at radius 1 is 1.22 bits per heavy atom. The van der Waals surface area contributed by atoms with Crippen molar-refractivity contribution < 1.29 is 4.79 Å². The highest BCUT2D eigenvalue weighted by atomic mass is 35.5. The fourth-order valence-electron chi connectivity index (χ4n) is 3.97. The number of nitrogens with one attached hydrogen (secondary N) is 1. The number of anilines is 2. The lowest BCUT2D eigenvalue weighted by Crippen LogP contribution is -2.29. The zero-order valence-corrected chi connectivity index (χ0v) is 21.7. The molecule has 1 N–H and O–H groups in total. The second-order valence-electron chi connectivity index (χ2n) is 8.54. The molecule has 4 aromatic rings. The maximum absolute atomic E-state index is 11.6. The SMILES string of the molecule is C=C/C(=C\c1nnc([C@H](CC=O)Cc2cccc(Cl)c2)n1N(C)C)c1ccnc(Nc2ccnn2C)n1. The lowest BCUT2D eigenvalue weighted by molar-refractivity contribution is -0.108. The summed E-state index contributed by atoms with van der Waals surface area (Å²) in [6, 6.07) is 11.2. The van der Waals surface area contributed by atoms with Gasteiger partial charge < -0.3 is 15.1 Å². The van der Waals surface area contributed by atoms with Crippen LogP contribution in [0.4, 0.5) is 11.8 Å². The van der Waals surface area contributed by atoms with Crippen molar-refractivity contribution >= 4 is 41.3 Å². The van der Waals surface area contributed by atoms with Gasteiger partial charge in [0.05, 0.1) is 11.9 Å². The van der Waals surface area contributed by atoms with Crippen molar-refractivity contribution in [3.63, 3.8) is 0 Å². The van der Waals surface area contributed by atoms with Gasteiger partial charge in [0.1, 0.15) is 12.1 Å². The van der Waals surface area contributed by atoms with Crippen LogP contribution >= 0.6 is 11.6 Å². The summed E-state index contributed by atoms with van der Waals surface area (Å²) in [6.45, 7) is 3.97. The summed E-state index contributed by atoms with van der Waals surface area (Å²) in [5.74, 6) is 2.26. The van der Waals surface area contributed by atoms with Gasteiger partial charge in [-0.15, -0.1) is 10.2 Å². The number of allylic oxidation sites excluding steroid dienone is 2. The van der Waals surface area contributed by atoms with Gasteiger partial charge in [0.25, 0.3) is 0 Å². The fraction of sp³-hybridized carbons (Fsp3) is 0.231. The summed E-state index contributed by atoms with van der Waals surface area (Å²) in [4.78, 5) is 20.5. The number of aryl methyl sites for hydroxylation is 1. The van der Waals surface area contributed by atoms with Crippen LogP contribution < -0.4 is 10.3 Å². The van der Waals surface area contributed by atoms with Crippen LogP contribution in [0.25, 0.3) is 11.6 Å². The second-order valence-corrected chi connectivity index (χ2v) is 8.98. The second kappa shape index (κ2) is 11.6. The number of hydrogen-bond acceptors (Lipinski definition) is 8. The molecule has 0 saturated heterocycles. The van der Waals surface area contributed by atoms with Crippen molar-refractivity contribution in [3.8, 4) is 0 Å². The molecule has 0 fully saturated rings. The van der Waals surface area contributed by atoms with Crippen molar-refractivity contribution in [2.75, 3.05) is 24.4 Å². The average molecular weight is 518 g/mol. The van der Waals surface area contributed by atoms with E-state index in [9.17, 15) is 4.79 Å². The number of benzene rings is 1. The molecule has 11 heteroatoms. The van der Waals surface area contributed by atoms with Crippen LogP contribution in [-0.2, 0) is 18.3 Å². The lowest BCUT2D eigenvalue weighted by Gasteiger charge is -2.22. The highest BCUT2D eigenvalue weighted by Crippen LogP contribution is 2.26. The van der Waals surface area contributed by atoms with Gasteiger partial charge in [0, 0.05) is 56.3 Å². The number of rotatable bonds is 11. The number of carbonyl (C=O) groups excluding carboxylic acids is 1. The van der Waals surface area contributed by atoms with Crippen molar-refractivity contribution in [2.45, 2.75) is 18.8 Å². The minimum Gasteiger partial charge on any atom is -0.316 e. The summed E-state index contributed by atoms with van der Waals surface area (Å²) < 4.78 is 3.58. The third kappa shape index (κ3) is 6.10. The van der Waals surface area contributed by atoms with E-state index >= 15 is 0 Å². The normalized spacial score (nSPS) is 12.3. The van der Waals surface area contributed by atoms with Crippen LogP contribution in [0.5, 0.6) is 0 Å². The van der Waals surface area contributed by atoms with Gasteiger partial charge in [-0.1, -0.05) is 36.4 Å². The molecule has 37 heavy (non-hydrogen) atoms. The van der Waals surface area contributed by atoms with Gasteiger partial charge >= 0.3 is 0 Å². The minimum atomic E-state index is -0.186. The Balaban J connectivity index is 1.68. The van der Waals surface area contributed by atoms with E-state index in [1.807, 2.05) is 67.2 Å². The largest absolute Gasteiger partial charge is 0.316 e. The molecule has 0 bridgehead atoms. The standard InChI is InChI=1S/C26H28ClN9O/c1-5-19(22-9-12-28-26(30-22)31-23-10-13-29-35(23)4)17-24-32-33-25(36(24)34(2)3)20(11-14-37)15-18-7-6-8-21(27)16-18/h5-10,12-14,16-17,20H,1,11,15H2,2-4H3,(H,28,30,31)/b19-17+/t20-/m1/s1. The Morgan fingerprint density at radius 2 is 2.05 bits per heavy atom. The molecular formula is C26H28ClN9O. The van der Waals surface area contributed by atoms with E-state index in [1.165, 1.54) is 0 Å². The van der Waals surface area contributed by atoms with E-state index in [-0.39, 0.29) is 5.92 Å². The van der Waals surface area contributed by atoms with Gasteiger partial charge in [-0.25, -0.2) is 14.6 Å². The van der Waals surface area contributed by atoms with Crippen LogP contribution in [0.1, 0.15) is 35.2 Å². The molecule has 190 valence electrons. The lowest BCUT2D eigenvalue weighted by atomic mass is 9.96. The molecule has 0 amide bonds. The molecule has 0 aliphatic heterocycles. The highest BCUT2D eigenvalue weighted by molar-refractivity contribution is 6.30. The predicted molar refractivity (Wildman–Crippen MR) is 145 cm³/mol. The predicted octanol–water partition coefficient (Wildman–Crippen LogP) is 4.04. The molecule has 0 saturated carbocycles. The quantitative estimate of drug-likeness (QED) is 0.235. The van der Waals surface area contributed by atoms with Gasteiger partial charge in [-0.2, -0.15) is 5.10 Å². The van der Waals surface area contributed by atoms with Gasteiger partial charge in [-0.05, 0) is 36.3 Å². The van der Waals surface area contributed by atoms with E-state index in [1.54, 1.807) is 29.2 Å². The van der Waals surface area contributed by atoms with Crippen molar-refractivity contribution in [1.29, 1.82) is 0 Å². The van der Waals surface area contributed by atoms with Crippen LogP contribution in [-0.4, -0.2) is 55.0 Å². The Labute approximate surface area is 220 Å². The van der Waals surface area contributed by atoms with E-state index < -0.39 is 0 Å². The summed E-state index contributed by atoms with van der Waals surface area (Å²) in [6.07, 6.45) is 8.73. The van der Waals surface area contributed by atoms with Crippen LogP contribution in [0, 0.1) is 0 Å². The Bertz CT molecular complexity index is 1420. The van der Waals surface area contributed by atoms with Crippen LogP contribution in [0.15, 0.2) is 61.4 Å². The number of halogens is 1. The molecule has 1 atom stereocenters. The molecule has 0 unspecified atom stereocenters. The van der Waals surface area contributed by atoms with E-state index in [0.717, 1.165) is 23.2 Å². The first kappa shape index (κ1) is 25.8. The van der Waals surface area contributed by atoms with Crippen molar-refractivity contribution in [2.24, 2.45) is 7.05 Å². The summed E-state index contributed by atoms with van der Waals surface area (Å²) in [7, 11) is 5.63. The van der Waals surface area contributed by atoms with Crippen LogP contribution in [0.2, 0.25) is 5.02 Å². The van der Waals surface area contributed by atoms with Crippen molar-refractivity contribution in [3.05, 3.63) is 89.4 Å². The summed E-state index contributed by atoms with van der Waals surface area (Å²) >= 11 is 6.18. The van der Waals surface area contributed by atoms with Crippen molar-refractivity contribution in [1.82, 2.24) is 34.6 Å². The highest BCUT2D eigenvalue weighted by Gasteiger charge is 2.23. The molecule has 3 heterocycles. The molecule has 1 aromatic carbocycles. The van der Waals surface area contributed by atoms with E-state index in [4.69, 9.17) is 11.6 Å². The Morgan fingerprint density at radius 3 is 2.73 bits per heavy atom. The zero-order valence-electron chi connectivity index (χ0n) is 20.9. The minimum absolute atomic E-state index is 0.186. The maximum Gasteiger partial charge on any atom is 0.228 e. The summed E-state index contributed by atoms with van der Waals surface area (Å²) in [5, 5.41) is 18.8.